The van der Waals surface area contributed by atoms with Gasteiger partial charge in [0.25, 0.3) is 11.8 Å². The quantitative estimate of drug-likeness (QED) is 0.102. The van der Waals surface area contributed by atoms with Crippen molar-refractivity contribution in [3.8, 4) is 11.3 Å². The van der Waals surface area contributed by atoms with E-state index < -0.39 is 17.6 Å². The average Bonchev–Trinajstić information content (AvgIpc) is 3.51. The van der Waals surface area contributed by atoms with Crippen LogP contribution in [0.2, 0.25) is 10.0 Å². The molecule has 226 valence electrons. The van der Waals surface area contributed by atoms with Gasteiger partial charge in [0.2, 0.25) is 5.91 Å². The first-order valence-corrected chi connectivity index (χ1v) is 15.9. The molecule has 0 unspecified atom stereocenters. The predicted octanol–water partition coefficient (Wildman–Crippen LogP) is 8.40. The lowest BCUT2D eigenvalue weighted by Crippen LogP contribution is -2.30. The summed E-state index contributed by atoms with van der Waals surface area (Å²) >= 11 is 14.8. The number of thioether (sulfide) groups is 1. The Hall–Kier alpha value is -4.48. The number of aromatic nitrogens is 1. The fourth-order valence-corrected chi connectivity index (χ4v) is 5.73. The largest absolute Gasteiger partial charge is 0.321 e. The number of hydrogen-bond donors (Lipinski definition) is 3. The van der Waals surface area contributed by atoms with Crippen LogP contribution in [0.5, 0.6) is 0 Å². The number of anilines is 2. The molecule has 0 atom stereocenters. The van der Waals surface area contributed by atoms with Crippen LogP contribution >= 0.6 is 46.3 Å². The lowest BCUT2D eigenvalue weighted by atomic mass is 10.1. The van der Waals surface area contributed by atoms with Crippen LogP contribution in [0.25, 0.3) is 17.3 Å². The van der Waals surface area contributed by atoms with E-state index in [2.05, 4.69) is 20.9 Å². The van der Waals surface area contributed by atoms with Gasteiger partial charge in [0.1, 0.15) is 11.5 Å². The Labute approximate surface area is 276 Å². The topological polar surface area (TPSA) is 100 Å². The number of benzene rings is 4. The molecule has 4 aromatic carbocycles. The van der Waals surface area contributed by atoms with E-state index in [4.69, 9.17) is 23.2 Å². The first-order valence-electron chi connectivity index (χ1n) is 13.3. The predicted molar refractivity (Wildman–Crippen MR) is 180 cm³/mol. The second-order valence-electron chi connectivity index (χ2n) is 9.37. The van der Waals surface area contributed by atoms with Crippen molar-refractivity contribution in [2.75, 3.05) is 16.4 Å². The number of rotatable bonds is 10. The molecule has 0 radical (unpaired) electrons. The van der Waals surface area contributed by atoms with Crippen molar-refractivity contribution in [1.29, 1.82) is 0 Å². The van der Waals surface area contributed by atoms with Crippen LogP contribution in [0.3, 0.4) is 0 Å². The van der Waals surface area contributed by atoms with Crippen molar-refractivity contribution >= 4 is 80.9 Å². The summed E-state index contributed by atoms with van der Waals surface area (Å²) in [7, 11) is 0. The summed E-state index contributed by atoms with van der Waals surface area (Å²) in [6.07, 6.45) is 1.19. The maximum Gasteiger partial charge on any atom is 0.272 e. The van der Waals surface area contributed by atoms with E-state index in [0.29, 0.717) is 21.4 Å². The highest BCUT2D eigenvalue weighted by Crippen LogP contribution is 2.27. The summed E-state index contributed by atoms with van der Waals surface area (Å²) in [5.41, 5.74) is 2.14. The van der Waals surface area contributed by atoms with Crippen LogP contribution in [0.4, 0.5) is 15.2 Å². The Morgan fingerprint density at radius 3 is 2.31 bits per heavy atom. The van der Waals surface area contributed by atoms with Crippen LogP contribution < -0.4 is 16.0 Å². The Morgan fingerprint density at radius 2 is 1.60 bits per heavy atom. The molecule has 0 bridgehead atoms. The molecule has 0 aliphatic heterocycles. The van der Waals surface area contributed by atoms with Gasteiger partial charge in [0.05, 0.1) is 16.5 Å². The second-order valence-corrected chi connectivity index (χ2v) is 12.1. The summed E-state index contributed by atoms with van der Waals surface area (Å²) in [6, 6.07) is 26.5. The lowest BCUT2D eigenvalue weighted by Gasteiger charge is -2.12. The van der Waals surface area contributed by atoms with Crippen LogP contribution in [0, 0.1) is 5.82 Å². The molecule has 1 heterocycles. The zero-order valence-corrected chi connectivity index (χ0v) is 26.4. The van der Waals surface area contributed by atoms with Crippen molar-refractivity contribution < 1.29 is 18.8 Å². The van der Waals surface area contributed by atoms with Gasteiger partial charge in [-0.15, -0.1) is 23.1 Å². The van der Waals surface area contributed by atoms with Gasteiger partial charge in [-0.2, -0.15) is 0 Å². The van der Waals surface area contributed by atoms with Crippen molar-refractivity contribution in [3.05, 3.63) is 135 Å². The fraction of sp³-hybridized carbons (Fsp3) is 0.0303. The maximum atomic E-state index is 14.5. The number of nitrogens with one attached hydrogen (secondary N) is 3. The fourth-order valence-electron chi connectivity index (χ4n) is 3.96. The molecule has 7 nitrogen and oxygen atoms in total. The molecular formula is C33H23Cl2FN4O3S2. The van der Waals surface area contributed by atoms with Gasteiger partial charge in [0.15, 0.2) is 5.13 Å². The molecule has 0 saturated carbocycles. The van der Waals surface area contributed by atoms with Gasteiger partial charge in [-0.3, -0.25) is 14.4 Å². The molecule has 0 fully saturated rings. The van der Waals surface area contributed by atoms with Gasteiger partial charge in [0, 0.05) is 37.7 Å². The SMILES string of the molecule is O=C(CSc1ccc(NC(=O)/C(=C/c2c(F)cccc2Cl)NC(=O)c2ccccc2)cc1)Nc1nc(-c2ccc(Cl)cc2)cs1. The first-order chi connectivity index (χ1) is 21.7. The molecule has 5 rings (SSSR count). The monoisotopic (exact) mass is 676 g/mol. The summed E-state index contributed by atoms with van der Waals surface area (Å²) in [4.78, 5) is 43.9. The third kappa shape index (κ3) is 8.80. The molecule has 0 aliphatic carbocycles. The third-order valence-electron chi connectivity index (χ3n) is 6.19. The second kappa shape index (κ2) is 15.0. The number of carbonyl (C=O) groups excluding carboxylic acids is 3. The molecule has 0 spiro atoms. The molecule has 0 saturated heterocycles. The van der Waals surface area contributed by atoms with E-state index in [1.165, 1.54) is 47.4 Å². The summed E-state index contributed by atoms with van der Waals surface area (Å²) in [5, 5.41) is 11.1. The zero-order valence-electron chi connectivity index (χ0n) is 23.2. The Bertz CT molecular complexity index is 1850. The van der Waals surface area contributed by atoms with Crippen LogP contribution in [-0.2, 0) is 9.59 Å². The normalized spacial score (nSPS) is 11.1. The smallest absolute Gasteiger partial charge is 0.272 e. The van der Waals surface area contributed by atoms with Crippen LogP contribution in [-0.4, -0.2) is 28.5 Å². The van der Waals surface area contributed by atoms with Crippen molar-refractivity contribution in [3.63, 3.8) is 0 Å². The molecule has 12 heteroatoms. The average molecular weight is 678 g/mol. The van der Waals surface area contributed by atoms with Crippen LogP contribution in [0.1, 0.15) is 15.9 Å². The Balaban J connectivity index is 1.20. The Morgan fingerprint density at radius 1 is 0.867 bits per heavy atom. The van der Waals surface area contributed by atoms with Crippen molar-refractivity contribution in [1.82, 2.24) is 10.3 Å². The summed E-state index contributed by atoms with van der Waals surface area (Å²) in [6.45, 7) is 0. The van der Waals surface area contributed by atoms with E-state index in [0.717, 1.165) is 16.2 Å². The van der Waals surface area contributed by atoms with E-state index in [9.17, 15) is 18.8 Å². The molecule has 45 heavy (non-hydrogen) atoms. The molecule has 3 amide bonds. The Kier molecular flexibility index (Phi) is 10.6. The molecular weight excluding hydrogens is 654 g/mol. The van der Waals surface area contributed by atoms with Crippen molar-refractivity contribution in [2.45, 2.75) is 4.90 Å². The minimum Gasteiger partial charge on any atom is -0.321 e. The van der Waals surface area contributed by atoms with Gasteiger partial charge in [-0.05, 0) is 66.7 Å². The number of thiazole rings is 1. The highest BCUT2D eigenvalue weighted by Gasteiger charge is 2.17. The zero-order chi connectivity index (χ0) is 31.8. The minimum atomic E-state index is -0.681. The number of nitrogens with zero attached hydrogens (tertiary/aromatic N) is 1. The number of carbonyl (C=O) groups is 3. The standard InChI is InChI=1S/C33H23Cl2FN4O3S2/c34-22-11-9-20(10-12-22)29-18-45-33(39-29)40-30(41)19-44-24-15-13-23(14-16-24)37-32(43)28(17-25-26(35)7-4-8-27(25)36)38-31(42)21-5-2-1-3-6-21/h1-18H,19H2,(H,37,43)(H,38,42)(H,39,40,41)/b28-17-. The van der Waals surface area contributed by atoms with E-state index >= 15 is 0 Å². The highest BCUT2D eigenvalue weighted by molar-refractivity contribution is 8.00. The number of halogens is 3. The summed E-state index contributed by atoms with van der Waals surface area (Å²) in [5.74, 6) is -1.95. The minimum absolute atomic E-state index is 0.0401. The number of amides is 3. The molecule has 0 aliphatic rings. The third-order valence-corrected chi connectivity index (χ3v) is 8.54. The van der Waals surface area contributed by atoms with E-state index in [1.807, 2.05) is 17.5 Å². The summed E-state index contributed by atoms with van der Waals surface area (Å²) < 4.78 is 14.5. The maximum absolute atomic E-state index is 14.5. The van der Waals surface area contributed by atoms with Gasteiger partial charge in [-0.1, -0.05) is 59.6 Å². The first kappa shape index (κ1) is 31.9. The molecule has 1 aromatic heterocycles. The van der Waals surface area contributed by atoms with Gasteiger partial charge in [-0.25, -0.2) is 9.37 Å². The van der Waals surface area contributed by atoms with Gasteiger partial charge >= 0.3 is 0 Å². The van der Waals surface area contributed by atoms with E-state index in [-0.39, 0.29) is 27.9 Å². The van der Waals surface area contributed by atoms with Crippen molar-refractivity contribution in [2.24, 2.45) is 0 Å². The lowest BCUT2D eigenvalue weighted by molar-refractivity contribution is -0.114. The van der Waals surface area contributed by atoms with E-state index in [1.54, 1.807) is 66.7 Å². The highest BCUT2D eigenvalue weighted by atomic mass is 35.5. The van der Waals surface area contributed by atoms with Crippen LogP contribution in [0.15, 0.2) is 113 Å². The molecule has 3 N–H and O–H groups in total. The van der Waals surface area contributed by atoms with Gasteiger partial charge < -0.3 is 16.0 Å². The number of hydrogen-bond acceptors (Lipinski definition) is 6. The molecule has 5 aromatic rings.